The Morgan fingerprint density at radius 1 is 1.42 bits per heavy atom. The molecule has 1 atom stereocenters. The van der Waals surface area contributed by atoms with E-state index in [0.717, 1.165) is 30.8 Å². The lowest BCUT2D eigenvalue weighted by atomic mass is 9.98. The highest BCUT2D eigenvalue weighted by Gasteiger charge is 2.27. The van der Waals surface area contributed by atoms with Gasteiger partial charge in [-0.15, -0.1) is 12.4 Å². The van der Waals surface area contributed by atoms with Crippen LogP contribution in [0.1, 0.15) is 18.9 Å². The molecule has 1 unspecified atom stereocenters. The summed E-state index contributed by atoms with van der Waals surface area (Å²) >= 11 is 0. The van der Waals surface area contributed by atoms with Crippen LogP contribution in [0.4, 0.5) is 11.4 Å². The third-order valence-corrected chi connectivity index (χ3v) is 3.59. The first-order valence-electron chi connectivity index (χ1n) is 6.37. The zero-order valence-corrected chi connectivity index (χ0v) is 12.5. The molecule has 19 heavy (non-hydrogen) atoms. The molecule has 0 radical (unpaired) electrons. The van der Waals surface area contributed by atoms with E-state index in [4.69, 9.17) is 5.73 Å². The maximum absolute atomic E-state index is 12.1. The highest BCUT2D eigenvalue weighted by atomic mass is 35.5. The van der Waals surface area contributed by atoms with Crippen LogP contribution in [-0.2, 0) is 11.2 Å². The highest BCUT2D eigenvalue weighted by Crippen LogP contribution is 2.32. The first-order valence-corrected chi connectivity index (χ1v) is 6.37. The number of nitrogens with zero attached hydrogens (tertiary/aromatic N) is 2. The Bertz CT molecular complexity index is 462. The molecule has 1 amide bonds. The van der Waals surface area contributed by atoms with Crippen molar-refractivity contribution in [3.63, 3.8) is 0 Å². The predicted molar refractivity (Wildman–Crippen MR) is 81.9 cm³/mol. The molecule has 2 rings (SSSR count). The number of carbonyl (C=O) groups is 1. The van der Waals surface area contributed by atoms with Crippen LogP contribution >= 0.6 is 12.4 Å². The van der Waals surface area contributed by atoms with E-state index in [0.29, 0.717) is 0 Å². The number of nitrogen functional groups attached to an aromatic ring is 1. The van der Waals surface area contributed by atoms with E-state index in [1.807, 2.05) is 19.1 Å². The van der Waals surface area contributed by atoms with Crippen LogP contribution in [0.3, 0.4) is 0 Å². The number of likely N-dealkylation sites (N-methyl/N-ethyl adjacent to an activating group) is 1. The molecule has 0 bridgehead atoms. The Kier molecular flexibility index (Phi) is 5.06. The number of hydrogen-bond donors (Lipinski definition) is 1. The number of anilines is 2. The predicted octanol–water partition coefficient (Wildman–Crippen LogP) is 1.92. The van der Waals surface area contributed by atoms with Crippen molar-refractivity contribution in [2.24, 2.45) is 0 Å². The Morgan fingerprint density at radius 3 is 2.74 bits per heavy atom. The second-order valence-corrected chi connectivity index (χ2v) is 5.05. The van der Waals surface area contributed by atoms with Gasteiger partial charge in [0.2, 0.25) is 5.91 Å². The van der Waals surface area contributed by atoms with E-state index >= 15 is 0 Å². The van der Waals surface area contributed by atoms with Crippen LogP contribution in [0.5, 0.6) is 0 Å². The molecule has 0 saturated heterocycles. The minimum absolute atomic E-state index is 0. The minimum atomic E-state index is -0.138. The van der Waals surface area contributed by atoms with Gasteiger partial charge in [-0.1, -0.05) is 6.07 Å². The normalized spacial score (nSPS) is 15.2. The van der Waals surface area contributed by atoms with Crippen molar-refractivity contribution in [2.75, 3.05) is 31.3 Å². The van der Waals surface area contributed by atoms with Gasteiger partial charge in [0.05, 0.1) is 0 Å². The Labute approximate surface area is 121 Å². The van der Waals surface area contributed by atoms with Crippen LogP contribution in [0.2, 0.25) is 0 Å². The average molecular weight is 284 g/mol. The lowest BCUT2D eigenvalue weighted by Crippen LogP contribution is -2.46. The molecule has 2 N–H and O–H groups in total. The van der Waals surface area contributed by atoms with Crippen molar-refractivity contribution in [1.29, 1.82) is 0 Å². The molecule has 106 valence electrons. The van der Waals surface area contributed by atoms with Crippen molar-refractivity contribution in [1.82, 2.24) is 4.90 Å². The van der Waals surface area contributed by atoms with Gasteiger partial charge in [0.25, 0.3) is 0 Å². The van der Waals surface area contributed by atoms with Gasteiger partial charge in [0, 0.05) is 32.0 Å². The van der Waals surface area contributed by atoms with Crippen molar-refractivity contribution in [2.45, 2.75) is 25.8 Å². The number of nitrogens with two attached hydrogens (primary N) is 1. The van der Waals surface area contributed by atoms with E-state index in [-0.39, 0.29) is 24.4 Å². The summed E-state index contributed by atoms with van der Waals surface area (Å²) in [6, 6.07) is 5.81. The summed E-state index contributed by atoms with van der Waals surface area (Å²) in [6.45, 7) is 2.87. The van der Waals surface area contributed by atoms with E-state index in [1.54, 1.807) is 19.0 Å². The topological polar surface area (TPSA) is 49.6 Å². The van der Waals surface area contributed by atoms with Crippen molar-refractivity contribution in [3.05, 3.63) is 23.8 Å². The molecule has 0 spiro atoms. The number of carbonyl (C=O) groups excluding carboxylic acids is 1. The standard InChI is InChI=1S/C14H21N3O.ClH/c1-10(14(18)16(2)3)17-9-5-6-11-12(15)7-4-8-13(11)17;/h4,7-8,10H,5-6,9,15H2,1-3H3;1H. The highest BCUT2D eigenvalue weighted by molar-refractivity contribution is 5.86. The molecule has 1 aliphatic heterocycles. The molecule has 1 heterocycles. The third-order valence-electron chi connectivity index (χ3n) is 3.59. The summed E-state index contributed by atoms with van der Waals surface area (Å²) in [7, 11) is 3.59. The third kappa shape index (κ3) is 2.95. The van der Waals surface area contributed by atoms with Crippen LogP contribution < -0.4 is 10.6 Å². The fourth-order valence-electron chi connectivity index (χ4n) is 2.59. The molecule has 0 aromatic heterocycles. The van der Waals surface area contributed by atoms with Gasteiger partial charge in [-0.25, -0.2) is 0 Å². The summed E-state index contributed by atoms with van der Waals surface area (Å²) in [4.78, 5) is 15.9. The number of rotatable bonds is 2. The fourth-order valence-corrected chi connectivity index (χ4v) is 2.59. The summed E-state index contributed by atoms with van der Waals surface area (Å²) < 4.78 is 0. The van der Waals surface area contributed by atoms with E-state index < -0.39 is 0 Å². The van der Waals surface area contributed by atoms with E-state index in [1.165, 1.54) is 5.56 Å². The van der Waals surface area contributed by atoms with Gasteiger partial charge in [-0.05, 0) is 37.5 Å². The fraction of sp³-hybridized carbons (Fsp3) is 0.500. The smallest absolute Gasteiger partial charge is 0.244 e. The van der Waals surface area contributed by atoms with Gasteiger partial charge in [-0.3, -0.25) is 4.79 Å². The van der Waals surface area contributed by atoms with E-state index in [9.17, 15) is 4.79 Å². The van der Waals surface area contributed by atoms with Crippen molar-refractivity contribution < 1.29 is 4.79 Å². The molecule has 0 fully saturated rings. The quantitative estimate of drug-likeness (QED) is 0.844. The molecule has 5 heteroatoms. The van der Waals surface area contributed by atoms with E-state index in [2.05, 4.69) is 11.0 Å². The lowest BCUT2D eigenvalue weighted by Gasteiger charge is -2.36. The molecule has 1 aliphatic rings. The van der Waals surface area contributed by atoms with Gasteiger partial charge in [0.1, 0.15) is 6.04 Å². The Balaban J connectivity index is 0.00000180. The molecule has 0 aliphatic carbocycles. The van der Waals surface area contributed by atoms with Crippen LogP contribution in [0, 0.1) is 0 Å². The number of benzene rings is 1. The molecule has 1 aromatic carbocycles. The summed E-state index contributed by atoms with van der Waals surface area (Å²) in [5.41, 5.74) is 9.15. The van der Waals surface area contributed by atoms with Crippen LogP contribution in [0.25, 0.3) is 0 Å². The second kappa shape index (κ2) is 6.15. The molecular weight excluding hydrogens is 262 g/mol. The summed E-state index contributed by atoms with van der Waals surface area (Å²) in [6.07, 6.45) is 2.05. The largest absolute Gasteiger partial charge is 0.398 e. The zero-order chi connectivity index (χ0) is 13.3. The number of halogens is 1. The van der Waals surface area contributed by atoms with Crippen molar-refractivity contribution >= 4 is 29.7 Å². The maximum Gasteiger partial charge on any atom is 0.244 e. The van der Waals surface area contributed by atoms with Crippen LogP contribution in [-0.4, -0.2) is 37.5 Å². The zero-order valence-electron chi connectivity index (χ0n) is 11.7. The summed E-state index contributed by atoms with van der Waals surface area (Å²) in [5.74, 6) is 0.130. The minimum Gasteiger partial charge on any atom is -0.398 e. The molecule has 4 nitrogen and oxygen atoms in total. The summed E-state index contributed by atoms with van der Waals surface area (Å²) in [5, 5.41) is 0. The van der Waals surface area contributed by atoms with Crippen molar-refractivity contribution in [3.8, 4) is 0 Å². The SMILES string of the molecule is CC(C(=O)N(C)C)N1CCCc2c(N)cccc21.Cl. The van der Waals surface area contributed by atoms with Gasteiger partial charge >= 0.3 is 0 Å². The second-order valence-electron chi connectivity index (χ2n) is 5.05. The van der Waals surface area contributed by atoms with Gasteiger partial charge < -0.3 is 15.5 Å². The van der Waals surface area contributed by atoms with Gasteiger partial charge in [0.15, 0.2) is 0 Å². The average Bonchev–Trinajstić information content (AvgIpc) is 2.37. The van der Waals surface area contributed by atoms with Gasteiger partial charge in [-0.2, -0.15) is 0 Å². The van der Waals surface area contributed by atoms with Crippen LogP contribution in [0.15, 0.2) is 18.2 Å². The first-order chi connectivity index (χ1) is 8.52. The number of fused-ring (bicyclic) bond motifs is 1. The Hall–Kier alpha value is -1.42. The maximum atomic E-state index is 12.1. The molecule has 0 saturated carbocycles. The first kappa shape index (κ1) is 15.6. The molecular formula is C14H22ClN3O. The monoisotopic (exact) mass is 283 g/mol. The lowest BCUT2D eigenvalue weighted by molar-refractivity contribution is -0.129. The Morgan fingerprint density at radius 2 is 2.11 bits per heavy atom. The number of amides is 1. The molecule has 1 aromatic rings. The number of hydrogen-bond acceptors (Lipinski definition) is 3.